The average molecular weight is 806 g/mol. The van der Waals surface area contributed by atoms with Crippen molar-refractivity contribution in [2.45, 2.75) is 89.2 Å². The Morgan fingerprint density at radius 3 is 2.30 bits per heavy atom. The molecular formula is C42H53BrN4O7. The summed E-state index contributed by atoms with van der Waals surface area (Å²) in [6.45, 7) is 8.32. The molecule has 6 rings (SSSR count). The van der Waals surface area contributed by atoms with Crippen LogP contribution < -0.4 is 9.80 Å². The molecule has 2 aromatic rings. The number of halogens is 1. The number of aliphatic hydroxyl groups is 1. The van der Waals surface area contributed by atoms with Gasteiger partial charge in [0.2, 0.25) is 11.8 Å². The second-order valence-electron chi connectivity index (χ2n) is 14.7. The number of benzene rings is 2. The van der Waals surface area contributed by atoms with Gasteiger partial charge in [-0.2, -0.15) is 0 Å². The molecule has 3 amide bonds. The molecule has 5 bridgehead atoms. The van der Waals surface area contributed by atoms with Gasteiger partial charge in [-0.1, -0.05) is 71.3 Å². The van der Waals surface area contributed by atoms with E-state index in [0.717, 1.165) is 37.2 Å². The van der Waals surface area contributed by atoms with Gasteiger partial charge in [-0.3, -0.25) is 19.2 Å². The Balaban J connectivity index is 1.44. The topological polar surface area (TPSA) is 120 Å². The molecule has 1 spiro atoms. The smallest absolute Gasteiger partial charge is 0.313 e. The lowest BCUT2D eigenvalue weighted by Crippen LogP contribution is -2.56. The van der Waals surface area contributed by atoms with Gasteiger partial charge in [0.25, 0.3) is 5.91 Å². The zero-order valence-electron chi connectivity index (χ0n) is 31.7. The molecule has 0 aromatic heterocycles. The third kappa shape index (κ3) is 7.49. The number of amides is 3. The fourth-order valence-corrected chi connectivity index (χ4v) is 9.29. The first-order valence-electron chi connectivity index (χ1n) is 19.4. The summed E-state index contributed by atoms with van der Waals surface area (Å²) in [6, 6.07) is 15.6. The van der Waals surface area contributed by atoms with Crippen LogP contribution in [0.3, 0.4) is 0 Å². The van der Waals surface area contributed by atoms with Crippen LogP contribution in [0.25, 0.3) is 0 Å². The molecule has 4 aliphatic heterocycles. The van der Waals surface area contributed by atoms with E-state index < -0.39 is 47.7 Å². The van der Waals surface area contributed by atoms with Gasteiger partial charge in [-0.25, -0.2) is 0 Å². The summed E-state index contributed by atoms with van der Waals surface area (Å²) in [7, 11) is 1.72. The van der Waals surface area contributed by atoms with Gasteiger partial charge in [0.1, 0.15) is 29.8 Å². The second kappa shape index (κ2) is 17.2. The first-order valence-corrected chi connectivity index (χ1v) is 20.2. The fraction of sp³-hybridized carbons (Fsp3) is 0.524. The Morgan fingerprint density at radius 2 is 1.61 bits per heavy atom. The Morgan fingerprint density at radius 1 is 0.907 bits per heavy atom. The highest BCUT2D eigenvalue weighted by Crippen LogP contribution is 2.59. The lowest BCUT2D eigenvalue weighted by atomic mass is 9.74. The number of allylic oxidation sites excluding steroid dienone is 1. The fourth-order valence-electron chi connectivity index (χ4n) is 8.56. The molecule has 0 unspecified atom stereocenters. The minimum Gasteiger partial charge on any atom is -0.455 e. The van der Waals surface area contributed by atoms with E-state index in [4.69, 9.17) is 9.47 Å². The van der Waals surface area contributed by atoms with E-state index >= 15 is 4.79 Å². The Bertz CT molecular complexity index is 1730. The molecule has 12 heteroatoms. The summed E-state index contributed by atoms with van der Waals surface area (Å²) in [5.41, 5.74) is 1.01. The largest absolute Gasteiger partial charge is 0.455 e. The number of aliphatic hydroxyl groups excluding tert-OH is 1. The number of likely N-dealkylation sites (tertiary alicyclic amines) is 1. The van der Waals surface area contributed by atoms with E-state index in [9.17, 15) is 19.5 Å². The second-order valence-corrected chi connectivity index (χ2v) is 15.6. The standard InChI is InChI=1S/C42H53BrN4O7/c1-5-45(6-2)30-20-22-31(23-21-30)46-24-15-10-13-19-33(49)44(4)28(3)36(29-17-11-9-12-18-29)53-41(52)34-35-39(50)47(25-14-7-8-16-26-48)38(40(46)51)42(35)27-32(43)37(34)54-42/h9-12,15,17-18,20-23,27-28,34-38,48H,5-8,13-14,16,19,24-26H2,1-4H3/b15-10-/t28-,34+,35-,36+,37+,38+,42-/m1/s1. The van der Waals surface area contributed by atoms with Crippen LogP contribution in [0.4, 0.5) is 11.4 Å². The van der Waals surface area contributed by atoms with Crippen LogP contribution in [0.2, 0.25) is 0 Å². The molecule has 1 N–H and O–H groups in total. The molecule has 11 nitrogen and oxygen atoms in total. The van der Waals surface area contributed by atoms with E-state index in [-0.39, 0.29) is 37.3 Å². The van der Waals surface area contributed by atoms with Gasteiger partial charge < -0.3 is 34.2 Å². The number of ether oxygens (including phenoxy) is 2. The minimum atomic E-state index is -1.41. The molecular weight excluding hydrogens is 752 g/mol. The number of unbranched alkanes of at least 4 members (excludes halogenated alkanes) is 3. The van der Waals surface area contributed by atoms with E-state index in [1.807, 2.05) is 79.7 Å². The van der Waals surface area contributed by atoms with E-state index in [0.29, 0.717) is 36.0 Å². The number of carbonyl (C=O) groups excluding carboxylic acids is 4. The number of likely N-dealkylation sites (N-methyl/N-ethyl adjacent to an activating group) is 1. The summed E-state index contributed by atoms with van der Waals surface area (Å²) in [5, 5.41) is 9.36. The van der Waals surface area contributed by atoms with Gasteiger partial charge in [0.05, 0.1) is 12.0 Å². The Kier molecular flexibility index (Phi) is 12.6. The van der Waals surface area contributed by atoms with Gasteiger partial charge in [0.15, 0.2) is 0 Å². The number of hydrogen-bond acceptors (Lipinski definition) is 8. The zero-order chi connectivity index (χ0) is 38.6. The number of carbonyl (C=O) groups is 4. The van der Waals surface area contributed by atoms with Crippen molar-refractivity contribution < 1.29 is 33.8 Å². The SMILES string of the molecule is CCN(CC)c1ccc(N2C/C=C\CCC(=O)N(C)[C@H](C)[C@@H](c3ccccc3)OC(=O)[C@@H]3[C@H]4O[C@@]5(C=C4Br)[C@H](C2=O)N(CCCCCCO)C(=O)[C@@H]35)cc1. The van der Waals surface area contributed by atoms with E-state index in [2.05, 4.69) is 34.7 Å². The third-order valence-electron chi connectivity index (χ3n) is 11.6. The predicted molar refractivity (Wildman–Crippen MR) is 211 cm³/mol. The van der Waals surface area contributed by atoms with Crippen molar-refractivity contribution in [3.8, 4) is 0 Å². The maximum Gasteiger partial charge on any atom is 0.313 e. The number of cyclic esters (lactones) is 1. The highest BCUT2D eigenvalue weighted by Gasteiger charge is 2.75. The molecule has 54 heavy (non-hydrogen) atoms. The molecule has 4 heterocycles. The van der Waals surface area contributed by atoms with Crippen molar-refractivity contribution in [3.63, 3.8) is 0 Å². The van der Waals surface area contributed by atoms with Crippen LogP contribution in [-0.2, 0) is 28.7 Å². The molecule has 2 saturated heterocycles. The van der Waals surface area contributed by atoms with Crippen LogP contribution in [0, 0.1) is 11.8 Å². The molecule has 0 saturated carbocycles. The van der Waals surface area contributed by atoms with Crippen molar-refractivity contribution in [3.05, 3.63) is 82.9 Å². The summed E-state index contributed by atoms with van der Waals surface area (Å²) in [6.07, 6.45) is 7.52. The normalized spacial score (nSPS) is 29.4. The maximum absolute atomic E-state index is 15.3. The van der Waals surface area contributed by atoms with E-state index in [1.54, 1.807) is 21.7 Å². The average Bonchev–Trinajstić information content (AvgIpc) is 3.78. The molecule has 0 radical (unpaired) electrons. The van der Waals surface area contributed by atoms with Crippen LogP contribution >= 0.6 is 15.9 Å². The number of nitrogens with zero attached hydrogens (tertiary/aromatic N) is 4. The quantitative estimate of drug-likeness (QED) is 0.173. The summed E-state index contributed by atoms with van der Waals surface area (Å²) < 4.78 is 13.7. The third-order valence-corrected chi connectivity index (χ3v) is 12.3. The molecule has 0 aliphatic carbocycles. The summed E-state index contributed by atoms with van der Waals surface area (Å²) in [5.74, 6) is -3.37. The summed E-state index contributed by atoms with van der Waals surface area (Å²) >= 11 is 3.66. The number of hydrogen-bond donors (Lipinski definition) is 1. The van der Waals surface area contributed by atoms with Gasteiger partial charge in [-0.15, -0.1) is 0 Å². The summed E-state index contributed by atoms with van der Waals surface area (Å²) in [4.78, 5) is 65.3. The van der Waals surface area contributed by atoms with Gasteiger partial charge in [0, 0.05) is 62.1 Å². The highest BCUT2D eigenvalue weighted by atomic mass is 79.9. The molecule has 2 fully saturated rings. The zero-order valence-corrected chi connectivity index (χ0v) is 33.3. The molecule has 2 aromatic carbocycles. The van der Waals surface area contributed by atoms with Crippen LogP contribution in [0.5, 0.6) is 0 Å². The number of anilines is 2. The minimum absolute atomic E-state index is 0.0921. The predicted octanol–water partition coefficient (Wildman–Crippen LogP) is 5.77. The first-order chi connectivity index (χ1) is 26.1. The van der Waals surface area contributed by atoms with Crippen LogP contribution in [-0.4, -0.2) is 102 Å². The molecule has 4 aliphatic rings. The highest BCUT2D eigenvalue weighted by molar-refractivity contribution is 9.11. The van der Waals surface area contributed by atoms with E-state index in [1.165, 1.54) is 0 Å². The number of fused-ring (bicyclic) bond motifs is 2. The first kappa shape index (κ1) is 39.7. The maximum atomic E-state index is 15.3. The Hall–Kier alpha value is -4.00. The Labute approximate surface area is 327 Å². The number of esters is 1. The van der Waals surface area contributed by atoms with Gasteiger partial charge in [-0.05, 0) is 75.9 Å². The van der Waals surface area contributed by atoms with Crippen molar-refractivity contribution in [2.24, 2.45) is 11.8 Å². The van der Waals surface area contributed by atoms with Crippen molar-refractivity contribution in [1.29, 1.82) is 0 Å². The van der Waals surface area contributed by atoms with Crippen LogP contribution in [0.1, 0.15) is 71.0 Å². The van der Waals surface area contributed by atoms with Gasteiger partial charge >= 0.3 is 5.97 Å². The van der Waals surface area contributed by atoms with Crippen molar-refractivity contribution in [2.75, 3.05) is 49.6 Å². The van der Waals surface area contributed by atoms with Crippen LogP contribution in [0.15, 0.2) is 77.3 Å². The van der Waals surface area contributed by atoms with Crippen molar-refractivity contribution in [1.82, 2.24) is 9.80 Å². The lowest BCUT2D eigenvalue weighted by Gasteiger charge is -2.36. The molecule has 7 atom stereocenters. The monoisotopic (exact) mass is 804 g/mol. The number of rotatable bonds is 11. The van der Waals surface area contributed by atoms with Crippen molar-refractivity contribution >= 4 is 51.0 Å². The lowest BCUT2D eigenvalue weighted by molar-refractivity contribution is -0.164. The molecule has 290 valence electrons.